The first-order valence-electron chi connectivity index (χ1n) is 4.18. The van der Waals surface area contributed by atoms with Crippen molar-refractivity contribution in [3.05, 3.63) is 33.7 Å². The Kier molecular flexibility index (Phi) is 4.40. The second-order valence-electron chi connectivity index (χ2n) is 2.43. The molecule has 2 nitrogen and oxygen atoms in total. The zero-order valence-electron chi connectivity index (χ0n) is 8.20. The van der Waals surface area contributed by atoms with E-state index in [1.54, 1.807) is 4.98 Å². The predicted molar refractivity (Wildman–Crippen MR) is 48.1 cm³/mol. The van der Waals surface area contributed by atoms with E-state index < -0.39 is 17.4 Å². The van der Waals surface area contributed by atoms with Gasteiger partial charge in [0.2, 0.25) is 5.56 Å². The summed E-state index contributed by atoms with van der Waals surface area (Å²) in [6.07, 6.45) is -4.48. The molecule has 14 heavy (non-hydrogen) atoms. The fourth-order valence-corrected chi connectivity index (χ4v) is 0.834. The van der Waals surface area contributed by atoms with Crippen molar-refractivity contribution in [1.29, 1.82) is 0 Å². The molecule has 0 radical (unpaired) electrons. The molecule has 0 aromatic carbocycles. The van der Waals surface area contributed by atoms with Crippen LogP contribution < -0.4 is 5.56 Å². The molecule has 0 unspecified atom stereocenters. The molecule has 1 aromatic rings. The van der Waals surface area contributed by atoms with Gasteiger partial charge in [-0.2, -0.15) is 13.2 Å². The maximum atomic E-state index is 12.0. The van der Waals surface area contributed by atoms with E-state index in [1.165, 1.54) is 6.92 Å². The summed E-state index contributed by atoms with van der Waals surface area (Å²) in [4.78, 5) is 12.3. The molecule has 1 rings (SSSR count). The molecule has 0 aliphatic carbocycles. The van der Waals surface area contributed by atoms with Crippen LogP contribution in [0.1, 0.15) is 25.1 Å². The topological polar surface area (TPSA) is 32.9 Å². The van der Waals surface area contributed by atoms with Crippen molar-refractivity contribution in [2.45, 2.75) is 26.9 Å². The molecule has 1 N–H and O–H groups in total. The number of nitrogens with one attached hydrogen (secondary N) is 1. The molecule has 0 bridgehead atoms. The van der Waals surface area contributed by atoms with Gasteiger partial charge in [-0.25, -0.2) is 0 Å². The lowest BCUT2D eigenvalue weighted by Gasteiger charge is -2.05. The molecule has 0 aliphatic heterocycles. The highest BCUT2D eigenvalue weighted by Crippen LogP contribution is 2.26. The number of hydrogen-bond donors (Lipinski definition) is 1. The van der Waals surface area contributed by atoms with Crippen LogP contribution in [0.5, 0.6) is 0 Å². The number of alkyl halides is 3. The third-order valence-electron chi connectivity index (χ3n) is 1.29. The number of aryl methyl sites for hydroxylation is 1. The van der Waals surface area contributed by atoms with E-state index in [1.807, 2.05) is 13.8 Å². The van der Waals surface area contributed by atoms with Crippen molar-refractivity contribution in [1.82, 2.24) is 4.98 Å². The Morgan fingerprint density at radius 3 is 2.07 bits per heavy atom. The number of pyridine rings is 1. The monoisotopic (exact) mass is 207 g/mol. The summed E-state index contributed by atoms with van der Waals surface area (Å²) in [7, 11) is 0. The largest absolute Gasteiger partial charge is 0.431 e. The van der Waals surface area contributed by atoms with Crippen molar-refractivity contribution in [2.75, 3.05) is 0 Å². The molecule has 0 amide bonds. The molecular formula is C9H12F3NO. The Morgan fingerprint density at radius 1 is 1.21 bits per heavy atom. The number of halogens is 3. The van der Waals surface area contributed by atoms with Gasteiger partial charge in [-0.15, -0.1) is 0 Å². The van der Waals surface area contributed by atoms with E-state index >= 15 is 0 Å². The van der Waals surface area contributed by atoms with Crippen LogP contribution in [0.2, 0.25) is 0 Å². The maximum absolute atomic E-state index is 12.0. The Labute approximate surface area is 79.8 Å². The number of rotatable bonds is 0. The van der Waals surface area contributed by atoms with Gasteiger partial charge in [-0.1, -0.05) is 13.8 Å². The molecule has 0 saturated carbocycles. The van der Waals surface area contributed by atoms with Crippen molar-refractivity contribution < 1.29 is 13.2 Å². The first-order valence-corrected chi connectivity index (χ1v) is 4.18. The zero-order chi connectivity index (χ0) is 11.4. The summed E-state index contributed by atoms with van der Waals surface area (Å²) in [6.45, 7) is 5.44. The first-order chi connectivity index (χ1) is 6.39. The average Bonchev–Trinajstić information content (AvgIpc) is 2.04. The molecule has 5 heteroatoms. The molecule has 0 fully saturated rings. The van der Waals surface area contributed by atoms with Crippen molar-refractivity contribution in [3.63, 3.8) is 0 Å². The third-order valence-corrected chi connectivity index (χ3v) is 1.29. The molecule has 0 aliphatic rings. The smallest absolute Gasteiger partial charge is 0.318 e. The van der Waals surface area contributed by atoms with Crippen LogP contribution in [0.4, 0.5) is 13.2 Å². The molecule has 0 atom stereocenters. The highest BCUT2D eigenvalue weighted by molar-refractivity contribution is 5.16. The van der Waals surface area contributed by atoms with Gasteiger partial charge in [0.1, 0.15) is 5.69 Å². The second kappa shape index (κ2) is 4.83. The Morgan fingerprint density at radius 2 is 1.71 bits per heavy atom. The number of H-pyrrole nitrogens is 1. The lowest BCUT2D eigenvalue weighted by atomic mass is 10.2. The summed E-state index contributed by atoms with van der Waals surface area (Å²) >= 11 is 0. The summed E-state index contributed by atoms with van der Waals surface area (Å²) < 4.78 is 35.9. The van der Waals surface area contributed by atoms with Crippen LogP contribution in [0.3, 0.4) is 0 Å². The van der Waals surface area contributed by atoms with Crippen LogP contribution >= 0.6 is 0 Å². The highest BCUT2D eigenvalue weighted by Gasteiger charge is 2.31. The van der Waals surface area contributed by atoms with Gasteiger partial charge in [-0.3, -0.25) is 4.79 Å². The summed E-state index contributed by atoms with van der Waals surface area (Å²) in [5.74, 6) is 0. The number of aromatic nitrogens is 1. The second-order valence-corrected chi connectivity index (χ2v) is 2.43. The minimum absolute atomic E-state index is 0.297. The van der Waals surface area contributed by atoms with E-state index in [0.717, 1.165) is 12.1 Å². The molecular weight excluding hydrogens is 195 g/mol. The van der Waals surface area contributed by atoms with E-state index in [9.17, 15) is 18.0 Å². The number of hydrogen-bond acceptors (Lipinski definition) is 1. The minimum atomic E-state index is -4.48. The van der Waals surface area contributed by atoms with Crippen molar-refractivity contribution in [2.24, 2.45) is 0 Å². The Balaban J connectivity index is 0.000000791. The van der Waals surface area contributed by atoms with Gasteiger partial charge in [0, 0.05) is 6.07 Å². The molecule has 0 saturated heterocycles. The van der Waals surface area contributed by atoms with Gasteiger partial charge < -0.3 is 4.98 Å². The van der Waals surface area contributed by atoms with Crippen LogP contribution in [-0.2, 0) is 6.18 Å². The molecule has 0 spiro atoms. The van der Waals surface area contributed by atoms with Gasteiger partial charge >= 0.3 is 6.18 Å². The first kappa shape index (κ1) is 12.7. The molecule has 80 valence electrons. The standard InChI is InChI=1S/C7H6F3NO.C2H6/c1-4-2-5(7(8,9)10)11-6(12)3-4;1-2/h2-3H,1H3,(H,11,12);1-2H3. The van der Waals surface area contributed by atoms with Crippen LogP contribution in [0.25, 0.3) is 0 Å². The fraction of sp³-hybridized carbons (Fsp3) is 0.444. The quantitative estimate of drug-likeness (QED) is 0.697. The minimum Gasteiger partial charge on any atom is -0.318 e. The van der Waals surface area contributed by atoms with Crippen molar-refractivity contribution >= 4 is 0 Å². The highest BCUT2D eigenvalue weighted by atomic mass is 19.4. The average molecular weight is 207 g/mol. The van der Waals surface area contributed by atoms with E-state index in [0.29, 0.717) is 5.56 Å². The summed E-state index contributed by atoms with van der Waals surface area (Å²) in [5, 5.41) is 0. The molecule has 1 heterocycles. The van der Waals surface area contributed by atoms with Crippen LogP contribution in [0.15, 0.2) is 16.9 Å². The van der Waals surface area contributed by atoms with Gasteiger partial charge in [0.25, 0.3) is 0 Å². The normalized spacial score (nSPS) is 10.4. The Bertz CT molecular complexity index is 341. The zero-order valence-corrected chi connectivity index (χ0v) is 8.20. The lowest BCUT2D eigenvalue weighted by Crippen LogP contribution is -2.15. The van der Waals surface area contributed by atoms with Crippen LogP contribution in [0, 0.1) is 6.92 Å². The maximum Gasteiger partial charge on any atom is 0.431 e. The van der Waals surface area contributed by atoms with Crippen LogP contribution in [-0.4, -0.2) is 4.98 Å². The van der Waals surface area contributed by atoms with Gasteiger partial charge in [-0.05, 0) is 18.6 Å². The fourth-order valence-electron chi connectivity index (χ4n) is 0.834. The molecule has 1 aromatic heterocycles. The Hall–Kier alpha value is -1.26. The lowest BCUT2D eigenvalue weighted by molar-refractivity contribution is -0.141. The number of aromatic amines is 1. The van der Waals surface area contributed by atoms with Gasteiger partial charge in [0.05, 0.1) is 0 Å². The summed E-state index contributed by atoms with van der Waals surface area (Å²) in [6, 6.07) is 2.00. The third kappa shape index (κ3) is 3.64. The van der Waals surface area contributed by atoms with Gasteiger partial charge in [0.15, 0.2) is 0 Å². The SMILES string of the molecule is CC.Cc1cc(C(F)(F)F)[nH]c(=O)c1. The van der Waals surface area contributed by atoms with E-state index in [-0.39, 0.29) is 0 Å². The van der Waals surface area contributed by atoms with E-state index in [4.69, 9.17) is 0 Å². The van der Waals surface area contributed by atoms with Crippen molar-refractivity contribution in [3.8, 4) is 0 Å². The van der Waals surface area contributed by atoms with E-state index in [2.05, 4.69) is 0 Å². The predicted octanol–water partition coefficient (Wildman–Crippen LogP) is 2.73. The summed E-state index contributed by atoms with van der Waals surface area (Å²) in [5.41, 5.74) is -1.44.